The zero-order valence-corrected chi connectivity index (χ0v) is 8.00. The van der Waals surface area contributed by atoms with Crippen molar-refractivity contribution in [2.75, 3.05) is 0 Å². The Bertz CT molecular complexity index is 230. The summed E-state index contributed by atoms with van der Waals surface area (Å²) in [6, 6.07) is 7.53. The van der Waals surface area contributed by atoms with Crippen molar-refractivity contribution >= 4 is 40.7 Å². The second-order valence-corrected chi connectivity index (χ2v) is 2.77. The second kappa shape index (κ2) is 3.93. The molecule has 0 saturated heterocycles. The van der Waals surface area contributed by atoms with Crippen LogP contribution in [0.25, 0.3) is 0 Å². The van der Waals surface area contributed by atoms with Gasteiger partial charge in [0.25, 0.3) is 0 Å². The molecule has 0 spiro atoms. The van der Waals surface area contributed by atoms with E-state index in [4.69, 9.17) is 11.6 Å². The van der Waals surface area contributed by atoms with E-state index in [-0.39, 0.29) is 0 Å². The van der Waals surface area contributed by atoms with Gasteiger partial charge in [-0.3, -0.25) is 0 Å². The van der Waals surface area contributed by atoms with Crippen LogP contribution in [-0.4, -0.2) is 6.21 Å². The first-order valence-corrected chi connectivity index (χ1v) is 4.07. The summed E-state index contributed by atoms with van der Waals surface area (Å²) in [6.07, 6.45) is 1.77. The maximum absolute atomic E-state index is 5.67. The van der Waals surface area contributed by atoms with Crippen molar-refractivity contribution in [3.8, 4) is 0 Å². The Labute approximate surface area is 78.6 Å². The van der Waals surface area contributed by atoms with E-state index in [1.165, 1.54) is 0 Å². The van der Waals surface area contributed by atoms with Crippen molar-refractivity contribution in [2.45, 2.75) is 0 Å². The fourth-order valence-electron chi connectivity index (χ4n) is 0.605. The van der Waals surface area contributed by atoms with Crippen molar-refractivity contribution in [1.29, 1.82) is 0 Å². The highest BCUT2D eigenvalue weighted by atomic mass is 127. The minimum Gasteiger partial charge on any atom is -0.223 e. The summed E-state index contributed by atoms with van der Waals surface area (Å²) < 4.78 is 3.84. The maximum Gasteiger partial charge on any atom is 0.0831 e. The molecule has 0 amide bonds. The highest BCUT2D eigenvalue weighted by Gasteiger charge is 1.86. The molecule has 1 rings (SSSR count). The highest BCUT2D eigenvalue weighted by molar-refractivity contribution is 14.1. The number of hydrogen-bond donors (Lipinski definition) is 0. The van der Waals surface area contributed by atoms with E-state index in [0.29, 0.717) is 0 Å². The van der Waals surface area contributed by atoms with Crippen LogP contribution >= 0.6 is 34.5 Å². The molecule has 0 N–H and O–H groups in total. The van der Waals surface area contributed by atoms with E-state index in [2.05, 4.69) is 3.21 Å². The van der Waals surface area contributed by atoms with Crippen LogP contribution in [0.15, 0.2) is 27.5 Å². The van der Waals surface area contributed by atoms with E-state index in [0.717, 1.165) is 10.6 Å². The minimum atomic E-state index is 0.755. The van der Waals surface area contributed by atoms with E-state index in [1.807, 2.05) is 47.1 Å². The summed E-state index contributed by atoms with van der Waals surface area (Å²) in [7, 11) is 0. The Morgan fingerprint density at radius 3 is 2.40 bits per heavy atom. The Balaban J connectivity index is 2.89. The van der Waals surface area contributed by atoms with Crippen LogP contribution in [0.4, 0.5) is 0 Å². The Kier molecular flexibility index (Phi) is 3.15. The summed E-state index contributed by atoms with van der Waals surface area (Å²) in [5.74, 6) is 0. The molecule has 1 aromatic rings. The first-order valence-electron chi connectivity index (χ1n) is 2.73. The summed E-state index contributed by atoms with van der Waals surface area (Å²) in [6.45, 7) is 0. The third kappa shape index (κ3) is 2.27. The largest absolute Gasteiger partial charge is 0.223 e. The molecule has 1 nitrogen and oxygen atoms in total. The van der Waals surface area contributed by atoms with E-state index in [1.54, 1.807) is 6.21 Å². The molecule has 0 fully saturated rings. The van der Waals surface area contributed by atoms with Crippen molar-refractivity contribution in [3.63, 3.8) is 0 Å². The van der Waals surface area contributed by atoms with Gasteiger partial charge in [0.05, 0.1) is 22.9 Å². The molecule has 0 aromatic heterocycles. The molecular formula is C7H5ClIN. The lowest BCUT2D eigenvalue weighted by atomic mass is 10.2. The van der Waals surface area contributed by atoms with Crippen LogP contribution in [0.3, 0.4) is 0 Å². The molecule has 0 saturated carbocycles. The predicted molar refractivity (Wildman–Crippen MR) is 53.1 cm³/mol. The number of rotatable bonds is 1. The van der Waals surface area contributed by atoms with Gasteiger partial charge in [-0.25, -0.2) is 3.21 Å². The average Bonchev–Trinajstić information content (AvgIpc) is 1.95. The summed E-state index contributed by atoms with van der Waals surface area (Å²) >= 11 is 7.60. The van der Waals surface area contributed by atoms with Crippen LogP contribution in [-0.2, 0) is 0 Å². The summed E-state index contributed by atoms with van der Waals surface area (Å²) in [5, 5.41) is 0.755. The van der Waals surface area contributed by atoms with Gasteiger partial charge in [0, 0.05) is 11.2 Å². The van der Waals surface area contributed by atoms with Crippen LogP contribution in [0.1, 0.15) is 5.56 Å². The van der Waals surface area contributed by atoms with E-state index < -0.39 is 0 Å². The van der Waals surface area contributed by atoms with Crippen molar-refractivity contribution in [2.24, 2.45) is 3.21 Å². The zero-order chi connectivity index (χ0) is 7.40. The highest BCUT2D eigenvalue weighted by Crippen LogP contribution is 2.07. The van der Waals surface area contributed by atoms with Crippen LogP contribution < -0.4 is 0 Å². The van der Waals surface area contributed by atoms with Gasteiger partial charge in [-0.15, -0.1) is 0 Å². The van der Waals surface area contributed by atoms with Gasteiger partial charge in [0.2, 0.25) is 0 Å². The number of nitrogens with zero attached hydrogens (tertiary/aromatic N) is 1. The van der Waals surface area contributed by atoms with Gasteiger partial charge in [0.1, 0.15) is 0 Å². The van der Waals surface area contributed by atoms with Crippen molar-refractivity contribution in [1.82, 2.24) is 0 Å². The molecule has 0 aliphatic rings. The molecule has 0 atom stereocenters. The third-order valence-electron chi connectivity index (χ3n) is 1.07. The van der Waals surface area contributed by atoms with Gasteiger partial charge in [-0.1, -0.05) is 23.7 Å². The smallest absolute Gasteiger partial charge is 0.0831 e. The fourth-order valence-corrected chi connectivity index (χ4v) is 1.05. The lowest BCUT2D eigenvalue weighted by Gasteiger charge is -1.89. The van der Waals surface area contributed by atoms with Gasteiger partial charge < -0.3 is 0 Å². The quantitative estimate of drug-likeness (QED) is 0.546. The molecule has 10 heavy (non-hydrogen) atoms. The number of halogens is 2. The average molecular weight is 265 g/mol. The fraction of sp³-hybridized carbons (Fsp3) is 0. The topological polar surface area (TPSA) is 12.4 Å². The van der Waals surface area contributed by atoms with Gasteiger partial charge >= 0.3 is 0 Å². The third-order valence-corrected chi connectivity index (χ3v) is 1.60. The molecule has 0 aliphatic carbocycles. The standard InChI is InChI=1S/C7H5ClIN/c8-7-3-1-6(2-4-7)5-10-9/h1-5H/b10-5+. The van der Waals surface area contributed by atoms with Crippen LogP contribution in [0.5, 0.6) is 0 Å². The van der Waals surface area contributed by atoms with Crippen molar-refractivity contribution in [3.05, 3.63) is 34.9 Å². The maximum atomic E-state index is 5.67. The Hall–Kier alpha value is -0.0900. The molecule has 1 aromatic carbocycles. The van der Waals surface area contributed by atoms with Crippen LogP contribution in [0, 0.1) is 0 Å². The Morgan fingerprint density at radius 1 is 1.30 bits per heavy atom. The molecule has 0 unspecified atom stereocenters. The van der Waals surface area contributed by atoms with E-state index >= 15 is 0 Å². The molecule has 0 radical (unpaired) electrons. The molecule has 0 heterocycles. The SMILES string of the molecule is Clc1ccc(/C=N/I)cc1. The zero-order valence-electron chi connectivity index (χ0n) is 5.09. The normalized spacial score (nSPS) is 10.6. The van der Waals surface area contributed by atoms with Crippen molar-refractivity contribution < 1.29 is 0 Å². The first kappa shape index (κ1) is 8.01. The molecule has 0 aliphatic heterocycles. The summed E-state index contributed by atoms with van der Waals surface area (Å²) in [4.78, 5) is 0. The number of benzene rings is 1. The molecule has 0 bridgehead atoms. The van der Waals surface area contributed by atoms with Crippen LogP contribution in [0.2, 0.25) is 5.02 Å². The lowest BCUT2D eigenvalue weighted by molar-refractivity contribution is 1.67. The number of hydrogen-bond acceptors (Lipinski definition) is 1. The Morgan fingerprint density at radius 2 is 1.90 bits per heavy atom. The molecular weight excluding hydrogens is 260 g/mol. The monoisotopic (exact) mass is 265 g/mol. The van der Waals surface area contributed by atoms with Gasteiger partial charge in [-0.05, 0) is 17.7 Å². The first-order chi connectivity index (χ1) is 4.83. The van der Waals surface area contributed by atoms with Gasteiger partial charge in [0.15, 0.2) is 0 Å². The van der Waals surface area contributed by atoms with E-state index in [9.17, 15) is 0 Å². The lowest BCUT2D eigenvalue weighted by Crippen LogP contribution is -1.76. The predicted octanol–water partition coefficient (Wildman–Crippen LogP) is 3.11. The summed E-state index contributed by atoms with van der Waals surface area (Å²) in [5.41, 5.74) is 1.07. The van der Waals surface area contributed by atoms with Gasteiger partial charge in [-0.2, -0.15) is 0 Å². The second-order valence-electron chi connectivity index (χ2n) is 1.78. The molecule has 3 heteroatoms. The molecule has 52 valence electrons. The minimum absolute atomic E-state index is 0.755.